The van der Waals surface area contributed by atoms with Crippen LogP contribution in [0.4, 0.5) is 8.78 Å². The smallest absolute Gasteiger partial charge is 0.273 e. The lowest BCUT2D eigenvalue weighted by atomic mass is 10.1. The van der Waals surface area contributed by atoms with Crippen LogP contribution in [0.25, 0.3) is 11.5 Å². The molecule has 0 spiro atoms. The lowest BCUT2D eigenvalue weighted by Gasteiger charge is -2.14. The van der Waals surface area contributed by atoms with Gasteiger partial charge in [0.25, 0.3) is 5.91 Å². The van der Waals surface area contributed by atoms with E-state index in [0.29, 0.717) is 16.1 Å². The second-order valence-electron chi connectivity index (χ2n) is 5.94. The molecule has 0 aliphatic heterocycles. The minimum absolute atomic E-state index is 0.000878. The van der Waals surface area contributed by atoms with Gasteiger partial charge in [0.05, 0.1) is 21.7 Å². The van der Waals surface area contributed by atoms with Crippen molar-refractivity contribution in [1.82, 2.24) is 10.3 Å². The Morgan fingerprint density at radius 2 is 1.89 bits per heavy atom. The number of nitrogens with one attached hydrogen (secondary N) is 1. The highest BCUT2D eigenvalue weighted by molar-refractivity contribution is 6.43. The van der Waals surface area contributed by atoms with Gasteiger partial charge < -0.3 is 9.73 Å². The molecule has 4 nitrogen and oxygen atoms in total. The zero-order valence-electron chi connectivity index (χ0n) is 14.3. The van der Waals surface area contributed by atoms with Crippen molar-refractivity contribution >= 4 is 29.1 Å². The summed E-state index contributed by atoms with van der Waals surface area (Å²) in [5, 5.41) is 3.21. The SMILES string of the molecule is Cc1c(F)cc([C@@H](C)NC(=O)c2coc(-c3cccc(Cl)c3Cl)n2)cc1F. The molecule has 0 fully saturated rings. The van der Waals surface area contributed by atoms with Crippen molar-refractivity contribution in [3.05, 3.63) is 75.1 Å². The van der Waals surface area contributed by atoms with Crippen molar-refractivity contribution in [2.75, 3.05) is 0 Å². The predicted octanol–water partition coefficient (Wildman–Crippen LogP) is 5.73. The topological polar surface area (TPSA) is 55.1 Å². The molecule has 0 saturated carbocycles. The fourth-order valence-corrected chi connectivity index (χ4v) is 2.82. The van der Waals surface area contributed by atoms with E-state index in [1.165, 1.54) is 25.3 Å². The second-order valence-corrected chi connectivity index (χ2v) is 6.73. The first kappa shape index (κ1) is 19.3. The predicted molar refractivity (Wildman–Crippen MR) is 98.9 cm³/mol. The van der Waals surface area contributed by atoms with Crippen LogP contribution in [-0.4, -0.2) is 10.9 Å². The number of benzene rings is 2. The maximum atomic E-state index is 13.7. The molecule has 1 atom stereocenters. The molecule has 140 valence electrons. The lowest BCUT2D eigenvalue weighted by Crippen LogP contribution is -2.27. The van der Waals surface area contributed by atoms with Crippen molar-refractivity contribution in [2.24, 2.45) is 0 Å². The monoisotopic (exact) mass is 410 g/mol. The van der Waals surface area contributed by atoms with E-state index in [4.69, 9.17) is 27.6 Å². The number of amides is 1. The molecule has 0 radical (unpaired) electrons. The van der Waals surface area contributed by atoms with Crippen LogP contribution in [-0.2, 0) is 0 Å². The number of nitrogens with zero attached hydrogens (tertiary/aromatic N) is 1. The molecule has 3 rings (SSSR count). The summed E-state index contributed by atoms with van der Waals surface area (Å²) in [6, 6.07) is 6.67. The van der Waals surface area contributed by atoms with E-state index in [0.717, 1.165) is 0 Å². The van der Waals surface area contributed by atoms with Crippen LogP contribution < -0.4 is 5.32 Å². The molecule has 0 aliphatic rings. The van der Waals surface area contributed by atoms with Crippen LogP contribution >= 0.6 is 23.2 Å². The van der Waals surface area contributed by atoms with Gasteiger partial charge in [0, 0.05) is 5.56 Å². The van der Waals surface area contributed by atoms with E-state index < -0.39 is 23.6 Å². The molecule has 0 saturated heterocycles. The number of oxazole rings is 1. The quantitative estimate of drug-likeness (QED) is 0.597. The average Bonchev–Trinajstić information content (AvgIpc) is 3.11. The summed E-state index contributed by atoms with van der Waals surface area (Å²) in [5.74, 6) is -1.78. The standard InChI is InChI=1S/C19H14Cl2F2N2O2/c1-9-14(22)6-11(7-15(9)23)10(2)24-18(26)16-8-27-19(25-16)12-4-3-5-13(20)17(12)21/h3-8,10H,1-2H3,(H,24,26)/t10-/m1/s1. The number of hydrogen-bond donors (Lipinski definition) is 1. The van der Waals surface area contributed by atoms with Crippen molar-refractivity contribution < 1.29 is 18.0 Å². The van der Waals surface area contributed by atoms with Crippen molar-refractivity contribution in [3.63, 3.8) is 0 Å². The molecule has 1 amide bonds. The van der Waals surface area contributed by atoms with Gasteiger partial charge in [-0.25, -0.2) is 13.8 Å². The van der Waals surface area contributed by atoms with E-state index >= 15 is 0 Å². The fourth-order valence-electron chi connectivity index (χ4n) is 2.44. The summed E-state index contributed by atoms with van der Waals surface area (Å²) in [6.07, 6.45) is 1.17. The second kappa shape index (κ2) is 7.66. The van der Waals surface area contributed by atoms with Crippen LogP contribution in [0, 0.1) is 18.6 Å². The van der Waals surface area contributed by atoms with Crippen LogP contribution in [0.3, 0.4) is 0 Å². The molecule has 3 aromatic rings. The zero-order chi connectivity index (χ0) is 19.7. The van der Waals surface area contributed by atoms with Crippen LogP contribution in [0.5, 0.6) is 0 Å². The average molecular weight is 411 g/mol. The van der Waals surface area contributed by atoms with Gasteiger partial charge in [0.15, 0.2) is 5.69 Å². The van der Waals surface area contributed by atoms with Crippen molar-refractivity contribution in [3.8, 4) is 11.5 Å². The van der Waals surface area contributed by atoms with Gasteiger partial charge in [-0.05, 0) is 43.7 Å². The number of carbonyl (C=O) groups is 1. The molecule has 0 unspecified atom stereocenters. The van der Waals surface area contributed by atoms with Gasteiger partial charge in [-0.3, -0.25) is 4.79 Å². The van der Waals surface area contributed by atoms with Crippen LogP contribution in [0.1, 0.15) is 34.6 Å². The van der Waals surface area contributed by atoms with Crippen LogP contribution in [0.15, 0.2) is 41.0 Å². The van der Waals surface area contributed by atoms with E-state index in [1.54, 1.807) is 25.1 Å². The Morgan fingerprint density at radius 1 is 1.22 bits per heavy atom. The van der Waals surface area contributed by atoms with E-state index in [2.05, 4.69) is 10.3 Å². The van der Waals surface area contributed by atoms with Crippen molar-refractivity contribution in [2.45, 2.75) is 19.9 Å². The summed E-state index contributed by atoms with van der Waals surface area (Å²) >= 11 is 12.1. The summed E-state index contributed by atoms with van der Waals surface area (Å²) in [4.78, 5) is 16.5. The number of aromatic nitrogens is 1. The maximum Gasteiger partial charge on any atom is 0.273 e. The number of halogens is 4. The largest absolute Gasteiger partial charge is 0.444 e. The molecule has 2 aromatic carbocycles. The van der Waals surface area contributed by atoms with Gasteiger partial charge in [-0.15, -0.1) is 0 Å². The lowest BCUT2D eigenvalue weighted by molar-refractivity contribution is 0.0934. The third kappa shape index (κ3) is 3.96. The minimum Gasteiger partial charge on any atom is -0.444 e. The van der Waals surface area contributed by atoms with E-state index in [-0.39, 0.29) is 22.2 Å². The third-order valence-electron chi connectivity index (χ3n) is 4.07. The van der Waals surface area contributed by atoms with Gasteiger partial charge in [-0.1, -0.05) is 29.3 Å². The Hall–Kier alpha value is -2.44. The molecule has 1 N–H and O–H groups in total. The molecule has 8 heteroatoms. The normalized spacial score (nSPS) is 12.1. The van der Waals surface area contributed by atoms with Gasteiger partial charge in [0.1, 0.15) is 17.9 Å². The summed E-state index contributed by atoms with van der Waals surface area (Å²) in [7, 11) is 0. The Bertz CT molecular complexity index is 998. The molecule has 1 aromatic heterocycles. The molecule has 27 heavy (non-hydrogen) atoms. The van der Waals surface area contributed by atoms with Gasteiger partial charge in [0.2, 0.25) is 5.89 Å². The van der Waals surface area contributed by atoms with E-state index in [9.17, 15) is 13.6 Å². The Morgan fingerprint density at radius 3 is 2.56 bits per heavy atom. The first-order chi connectivity index (χ1) is 12.8. The maximum absolute atomic E-state index is 13.7. The first-order valence-corrected chi connectivity index (χ1v) is 8.70. The molecule has 0 aliphatic carbocycles. The molecular weight excluding hydrogens is 397 g/mol. The summed E-state index contributed by atoms with van der Waals surface area (Å²) < 4.78 is 32.8. The highest BCUT2D eigenvalue weighted by atomic mass is 35.5. The summed E-state index contributed by atoms with van der Waals surface area (Å²) in [6.45, 7) is 2.95. The zero-order valence-corrected chi connectivity index (χ0v) is 15.8. The highest BCUT2D eigenvalue weighted by Gasteiger charge is 2.19. The number of carbonyl (C=O) groups excluding carboxylic acids is 1. The highest BCUT2D eigenvalue weighted by Crippen LogP contribution is 2.33. The molecule has 1 heterocycles. The Kier molecular flexibility index (Phi) is 5.48. The van der Waals surface area contributed by atoms with Crippen molar-refractivity contribution in [1.29, 1.82) is 0 Å². The Labute approximate surface area is 164 Å². The first-order valence-electron chi connectivity index (χ1n) is 7.94. The minimum atomic E-state index is -0.676. The molecule has 0 bridgehead atoms. The number of hydrogen-bond acceptors (Lipinski definition) is 3. The van der Waals surface area contributed by atoms with Gasteiger partial charge in [-0.2, -0.15) is 0 Å². The van der Waals surface area contributed by atoms with E-state index in [1.807, 2.05) is 0 Å². The fraction of sp³-hybridized carbons (Fsp3) is 0.158. The third-order valence-corrected chi connectivity index (χ3v) is 4.89. The Balaban J connectivity index is 1.79. The van der Waals surface area contributed by atoms with Gasteiger partial charge >= 0.3 is 0 Å². The van der Waals surface area contributed by atoms with Crippen LogP contribution in [0.2, 0.25) is 10.0 Å². The number of rotatable bonds is 4. The molecular formula is C19H14Cl2F2N2O2. The summed E-state index contributed by atoms with van der Waals surface area (Å²) in [5.41, 5.74) is 0.669.